The molecule has 0 aliphatic heterocycles. The Labute approximate surface area is 103 Å². The molecular formula is C10H7Br2FO2. The molecule has 0 fully saturated rings. The Morgan fingerprint density at radius 3 is 2.60 bits per heavy atom. The zero-order chi connectivity index (χ0) is 11.6. The van der Waals surface area contributed by atoms with Crippen LogP contribution in [0.5, 0.6) is 0 Å². The van der Waals surface area contributed by atoms with Crippen LogP contribution in [-0.4, -0.2) is 11.1 Å². The molecular weight excluding hydrogens is 331 g/mol. The van der Waals surface area contributed by atoms with E-state index in [1.165, 1.54) is 19.1 Å². The van der Waals surface area contributed by atoms with Crippen LogP contribution >= 0.6 is 31.9 Å². The minimum Gasteiger partial charge on any atom is -0.478 e. The van der Waals surface area contributed by atoms with Gasteiger partial charge in [0.2, 0.25) is 0 Å². The predicted octanol–water partition coefficient (Wildman–Crippen LogP) is 3.84. The molecule has 0 aliphatic carbocycles. The molecule has 1 N–H and O–H groups in total. The smallest absolute Gasteiger partial charge is 0.331 e. The van der Waals surface area contributed by atoms with E-state index in [9.17, 15) is 9.18 Å². The van der Waals surface area contributed by atoms with E-state index in [0.29, 0.717) is 8.95 Å². The van der Waals surface area contributed by atoms with Gasteiger partial charge in [0, 0.05) is 15.6 Å². The lowest BCUT2D eigenvalue weighted by molar-refractivity contribution is -0.132. The Balaban J connectivity index is 3.26. The van der Waals surface area contributed by atoms with Gasteiger partial charge >= 0.3 is 5.97 Å². The molecule has 0 amide bonds. The number of carboxylic acids is 1. The van der Waals surface area contributed by atoms with Crippen molar-refractivity contribution in [2.45, 2.75) is 6.92 Å². The Hall–Kier alpha value is -0.680. The first kappa shape index (κ1) is 12.4. The van der Waals surface area contributed by atoms with Gasteiger partial charge in [0.1, 0.15) is 5.82 Å². The minimum atomic E-state index is -1.06. The highest BCUT2D eigenvalue weighted by atomic mass is 79.9. The standard InChI is InChI=1S/C10H7Br2FO2/c1-5(10(14)15)2-6-3-7(11)4-8(12)9(6)13/h2-4H,1H3,(H,14,15)/b5-2+. The number of benzene rings is 1. The minimum absolute atomic E-state index is 0.0823. The first-order valence-corrected chi connectivity index (χ1v) is 5.56. The van der Waals surface area contributed by atoms with Crippen molar-refractivity contribution in [1.82, 2.24) is 0 Å². The van der Waals surface area contributed by atoms with Crippen LogP contribution in [0.15, 0.2) is 26.7 Å². The molecule has 0 radical (unpaired) electrons. The highest BCUT2D eigenvalue weighted by Gasteiger charge is 2.08. The van der Waals surface area contributed by atoms with E-state index in [4.69, 9.17) is 5.11 Å². The lowest BCUT2D eigenvalue weighted by atomic mass is 10.1. The van der Waals surface area contributed by atoms with Crippen LogP contribution in [0.2, 0.25) is 0 Å². The zero-order valence-electron chi connectivity index (χ0n) is 7.72. The van der Waals surface area contributed by atoms with Crippen LogP contribution in [0.3, 0.4) is 0 Å². The summed E-state index contributed by atoms with van der Waals surface area (Å²) in [6.45, 7) is 1.41. The molecule has 1 aromatic carbocycles. The summed E-state index contributed by atoms with van der Waals surface area (Å²) >= 11 is 6.24. The van der Waals surface area contributed by atoms with E-state index in [0.717, 1.165) is 0 Å². The maximum absolute atomic E-state index is 13.5. The summed E-state index contributed by atoms with van der Waals surface area (Å²) in [5.74, 6) is -1.54. The quantitative estimate of drug-likeness (QED) is 0.657. The van der Waals surface area contributed by atoms with E-state index < -0.39 is 11.8 Å². The summed E-state index contributed by atoms with van der Waals surface area (Å²) in [7, 11) is 0. The van der Waals surface area contributed by atoms with Crippen molar-refractivity contribution in [2.75, 3.05) is 0 Å². The molecule has 0 atom stereocenters. The Morgan fingerprint density at radius 2 is 2.07 bits per heavy atom. The number of carbonyl (C=O) groups is 1. The first-order chi connectivity index (χ1) is 6.91. The Morgan fingerprint density at radius 1 is 1.47 bits per heavy atom. The van der Waals surface area contributed by atoms with E-state index in [-0.39, 0.29) is 11.1 Å². The van der Waals surface area contributed by atoms with Crippen molar-refractivity contribution in [3.63, 3.8) is 0 Å². The molecule has 0 saturated carbocycles. The molecule has 0 heterocycles. The molecule has 2 nitrogen and oxygen atoms in total. The average Bonchev–Trinajstić information content (AvgIpc) is 2.13. The monoisotopic (exact) mass is 336 g/mol. The summed E-state index contributed by atoms with van der Waals surface area (Å²) in [5.41, 5.74) is 0.315. The van der Waals surface area contributed by atoms with Crippen molar-refractivity contribution >= 4 is 43.9 Å². The van der Waals surface area contributed by atoms with E-state index >= 15 is 0 Å². The molecule has 0 aromatic heterocycles. The molecule has 0 saturated heterocycles. The zero-order valence-corrected chi connectivity index (χ0v) is 10.9. The lowest BCUT2D eigenvalue weighted by Gasteiger charge is -2.02. The summed E-state index contributed by atoms with van der Waals surface area (Å²) in [6, 6.07) is 3.08. The third kappa shape index (κ3) is 3.14. The van der Waals surface area contributed by atoms with Gasteiger partial charge in [-0.3, -0.25) is 0 Å². The van der Waals surface area contributed by atoms with Crippen LogP contribution in [0.4, 0.5) is 4.39 Å². The van der Waals surface area contributed by atoms with Gasteiger partial charge in [-0.1, -0.05) is 15.9 Å². The topological polar surface area (TPSA) is 37.3 Å². The molecule has 1 rings (SSSR count). The third-order valence-electron chi connectivity index (χ3n) is 1.73. The second kappa shape index (κ2) is 4.90. The van der Waals surface area contributed by atoms with E-state index in [1.807, 2.05) is 0 Å². The molecule has 0 bridgehead atoms. The fourth-order valence-corrected chi connectivity index (χ4v) is 2.23. The fraction of sp³-hybridized carbons (Fsp3) is 0.100. The maximum atomic E-state index is 13.5. The van der Waals surface area contributed by atoms with Crippen molar-refractivity contribution in [1.29, 1.82) is 0 Å². The Bertz CT molecular complexity index is 441. The van der Waals surface area contributed by atoms with E-state index in [2.05, 4.69) is 31.9 Å². The first-order valence-electron chi connectivity index (χ1n) is 3.98. The molecule has 0 unspecified atom stereocenters. The summed E-state index contributed by atoms with van der Waals surface area (Å²) < 4.78 is 14.5. The van der Waals surface area contributed by atoms with Crippen molar-refractivity contribution in [3.8, 4) is 0 Å². The van der Waals surface area contributed by atoms with Crippen LogP contribution < -0.4 is 0 Å². The van der Waals surface area contributed by atoms with Crippen LogP contribution in [0.25, 0.3) is 6.08 Å². The van der Waals surface area contributed by atoms with E-state index in [1.54, 1.807) is 6.07 Å². The van der Waals surface area contributed by atoms with Crippen LogP contribution in [-0.2, 0) is 4.79 Å². The third-order valence-corrected chi connectivity index (χ3v) is 2.77. The summed E-state index contributed by atoms with van der Waals surface area (Å²) in [5, 5.41) is 8.66. The van der Waals surface area contributed by atoms with Crippen molar-refractivity contribution in [3.05, 3.63) is 38.0 Å². The summed E-state index contributed by atoms with van der Waals surface area (Å²) in [6.07, 6.45) is 1.28. The van der Waals surface area contributed by atoms with Gasteiger partial charge in [-0.2, -0.15) is 0 Å². The number of rotatable bonds is 2. The number of aliphatic carboxylic acids is 1. The highest BCUT2D eigenvalue weighted by Crippen LogP contribution is 2.26. The van der Waals surface area contributed by atoms with Gasteiger partial charge in [0.25, 0.3) is 0 Å². The van der Waals surface area contributed by atoms with Crippen molar-refractivity contribution in [2.24, 2.45) is 0 Å². The molecule has 80 valence electrons. The van der Waals surface area contributed by atoms with Crippen molar-refractivity contribution < 1.29 is 14.3 Å². The van der Waals surface area contributed by atoms with Crippen LogP contribution in [0.1, 0.15) is 12.5 Å². The number of carboxylic acid groups (broad SMARTS) is 1. The Kier molecular flexibility index (Phi) is 4.04. The lowest BCUT2D eigenvalue weighted by Crippen LogP contribution is -1.96. The fourth-order valence-electron chi connectivity index (χ4n) is 0.976. The molecule has 0 spiro atoms. The average molecular weight is 338 g/mol. The number of halogens is 3. The van der Waals surface area contributed by atoms with Crippen LogP contribution in [0, 0.1) is 5.82 Å². The van der Waals surface area contributed by atoms with Gasteiger partial charge in [0.05, 0.1) is 4.47 Å². The van der Waals surface area contributed by atoms with Gasteiger partial charge in [-0.05, 0) is 41.1 Å². The molecule has 0 aliphatic rings. The van der Waals surface area contributed by atoms with Gasteiger partial charge < -0.3 is 5.11 Å². The maximum Gasteiger partial charge on any atom is 0.331 e. The molecule has 15 heavy (non-hydrogen) atoms. The van der Waals surface area contributed by atoms with Gasteiger partial charge in [-0.25, -0.2) is 9.18 Å². The molecule has 5 heteroatoms. The highest BCUT2D eigenvalue weighted by molar-refractivity contribution is 9.11. The van der Waals surface area contributed by atoms with Gasteiger partial charge in [-0.15, -0.1) is 0 Å². The summed E-state index contributed by atoms with van der Waals surface area (Å²) in [4.78, 5) is 10.6. The largest absolute Gasteiger partial charge is 0.478 e. The number of hydrogen-bond donors (Lipinski definition) is 1. The number of hydrogen-bond acceptors (Lipinski definition) is 1. The normalized spacial score (nSPS) is 11.6. The molecule has 1 aromatic rings. The second-order valence-electron chi connectivity index (χ2n) is 2.92. The van der Waals surface area contributed by atoms with Gasteiger partial charge in [0.15, 0.2) is 0 Å². The predicted molar refractivity (Wildman–Crippen MR) is 63.1 cm³/mol. The SMILES string of the molecule is C/C(=C\c1cc(Br)cc(Br)c1F)C(=O)O. The second-order valence-corrected chi connectivity index (χ2v) is 4.69.